The Bertz CT molecular complexity index is 892. The maximum Gasteiger partial charge on any atom is 0.277 e. The molecule has 140 valence electrons. The molecule has 0 spiro atoms. The Morgan fingerprint density at radius 1 is 1.15 bits per heavy atom. The molecule has 2 aromatic carbocycles. The van der Waals surface area contributed by atoms with Crippen molar-refractivity contribution in [3.8, 4) is 17.2 Å². The van der Waals surface area contributed by atoms with E-state index in [2.05, 4.69) is 15.5 Å². The molecule has 0 aliphatic carbocycles. The second-order valence-electron chi connectivity index (χ2n) is 5.95. The zero-order valence-electron chi connectivity index (χ0n) is 15.4. The van der Waals surface area contributed by atoms with Crippen molar-refractivity contribution in [2.45, 2.75) is 31.2 Å². The molecule has 1 N–H and O–H groups in total. The lowest BCUT2D eigenvalue weighted by atomic mass is 10.1. The Kier molecular flexibility index (Phi) is 6.13. The monoisotopic (exact) mass is 383 g/mol. The molecular weight excluding hydrogens is 362 g/mol. The summed E-state index contributed by atoms with van der Waals surface area (Å²) in [5.41, 5.74) is 2.72. The molecule has 0 saturated heterocycles. The minimum atomic E-state index is -0.386. The normalized spacial score (nSPS) is 11.8. The van der Waals surface area contributed by atoms with E-state index in [4.69, 9.17) is 9.15 Å². The summed E-state index contributed by atoms with van der Waals surface area (Å²) in [5.74, 6) is 1.07. The van der Waals surface area contributed by atoms with Gasteiger partial charge >= 0.3 is 0 Å². The van der Waals surface area contributed by atoms with E-state index >= 15 is 0 Å². The lowest BCUT2D eigenvalue weighted by molar-refractivity contribution is -0.115. The first-order chi connectivity index (χ1) is 13.0. The van der Waals surface area contributed by atoms with Crippen LogP contribution in [0.2, 0.25) is 0 Å². The van der Waals surface area contributed by atoms with Crippen LogP contribution < -0.4 is 10.1 Å². The Morgan fingerprint density at radius 2 is 1.85 bits per heavy atom. The van der Waals surface area contributed by atoms with Crippen molar-refractivity contribution in [2.75, 3.05) is 11.9 Å². The number of ether oxygens (including phenoxy) is 1. The lowest BCUT2D eigenvalue weighted by Gasteiger charge is -2.10. The van der Waals surface area contributed by atoms with Crippen LogP contribution in [-0.2, 0) is 4.79 Å². The van der Waals surface area contributed by atoms with Gasteiger partial charge < -0.3 is 14.5 Å². The number of anilines is 1. The summed E-state index contributed by atoms with van der Waals surface area (Å²) < 4.78 is 11.1. The molecule has 7 heteroatoms. The summed E-state index contributed by atoms with van der Waals surface area (Å²) in [4.78, 5) is 12.4. The number of rotatable bonds is 7. The Hall–Kier alpha value is -2.80. The number of amides is 1. The molecule has 3 rings (SSSR count). The minimum absolute atomic E-state index is 0.140. The molecule has 27 heavy (non-hydrogen) atoms. The van der Waals surface area contributed by atoms with Crippen molar-refractivity contribution in [1.82, 2.24) is 10.2 Å². The van der Waals surface area contributed by atoms with E-state index in [0.717, 1.165) is 16.9 Å². The number of nitrogens with one attached hydrogen (secondary N) is 1. The van der Waals surface area contributed by atoms with E-state index < -0.39 is 0 Å². The maximum absolute atomic E-state index is 12.4. The Morgan fingerprint density at radius 3 is 2.52 bits per heavy atom. The molecule has 6 nitrogen and oxygen atoms in total. The predicted molar refractivity (Wildman–Crippen MR) is 106 cm³/mol. The highest BCUT2D eigenvalue weighted by Gasteiger charge is 2.19. The highest BCUT2D eigenvalue weighted by molar-refractivity contribution is 8.00. The van der Waals surface area contributed by atoms with Crippen LogP contribution in [0.1, 0.15) is 19.4 Å². The third-order valence-electron chi connectivity index (χ3n) is 3.78. The molecule has 1 aromatic heterocycles. The van der Waals surface area contributed by atoms with E-state index in [0.29, 0.717) is 23.4 Å². The number of aromatic nitrogens is 2. The van der Waals surface area contributed by atoms with Crippen molar-refractivity contribution in [1.29, 1.82) is 0 Å². The molecule has 0 aliphatic rings. The van der Waals surface area contributed by atoms with Crippen LogP contribution in [0.5, 0.6) is 5.75 Å². The topological polar surface area (TPSA) is 77.2 Å². The second kappa shape index (κ2) is 8.73. The lowest BCUT2D eigenvalue weighted by Crippen LogP contribution is -2.22. The van der Waals surface area contributed by atoms with E-state index in [1.807, 2.05) is 62.4 Å². The molecule has 0 saturated carbocycles. The van der Waals surface area contributed by atoms with Gasteiger partial charge in [0.25, 0.3) is 5.22 Å². The zero-order chi connectivity index (χ0) is 19.2. The quantitative estimate of drug-likeness (QED) is 0.603. The largest absolute Gasteiger partial charge is 0.494 e. The molecule has 1 amide bonds. The summed E-state index contributed by atoms with van der Waals surface area (Å²) >= 11 is 1.22. The van der Waals surface area contributed by atoms with E-state index in [1.165, 1.54) is 11.8 Å². The van der Waals surface area contributed by atoms with Crippen molar-refractivity contribution in [3.05, 3.63) is 54.1 Å². The van der Waals surface area contributed by atoms with Crippen LogP contribution in [0.25, 0.3) is 11.5 Å². The first-order valence-electron chi connectivity index (χ1n) is 8.66. The number of benzene rings is 2. The summed E-state index contributed by atoms with van der Waals surface area (Å²) in [6.45, 7) is 6.35. The first-order valence-corrected chi connectivity index (χ1v) is 9.54. The highest BCUT2D eigenvalue weighted by atomic mass is 32.2. The molecular formula is C20H21N3O3S. The average Bonchev–Trinajstić information content (AvgIpc) is 3.12. The Labute approximate surface area is 162 Å². The average molecular weight is 383 g/mol. The molecule has 3 aromatic rings. The fourth-order valence-corrected chi connectivity index (χ4v) is 3.00. The van der Waals surface area contributed by atoms with E-state index in [1.54, 1.807) is 6.92 Å². The summed E-state index contributed by atoms with van der Waals surface area (Å²) in [6, 6.07) is 15.1. The molecule has 1 unspecified atom stereocenters. The summed E-state index contributed by atoms with van der Waals surface area (Å²) in [6.07, 6.45) is 0. The van der Waals surface area contributed by atoms with Gasteiger partial charge in [-0.15, -0.1) is 10.2 Å². The molecule has 1 atom stereocenters. The maximum atomic E-state index is 12.4. The summed E-state index contributed by atoms with van der Waals surface area (Å²) in [7, 11) is 0. The number of aryl methyl sites for hydroxylation is 1. The van der Waals surface area contributed by atoms with Gasteiger partial charge in [0, 0.05) is 11.3 Å². The summed E-state index contributed by atoms with van der Waals surface area (Å²) in [5, 5.41) is 10.9. The van der Waals surface area contributed by atoms with Gasteiger partial charge in [-0.1, -0.05) is 29.5 Å². The van der Waals surface area contributed by atoms with Gasteiger partial charge in [-0.05, 0) is 57.2 Å². The van der Waals surface area contributed by atoms with Crippen molar-refractivity contribution < 1.29 is 13.9 Å². The van der Waals surface area contributed by atoms with Crippen LogP contribution in [0.15, 0.2) is 58.2 Å². The van der Waals surface area contributed by atoms with Gasteiger partial charge in [-0.2, -0.15) is 0 Å². The number of carbonyl (C=O) groups excluding carboxylic acids is 1. The van der Waals surface area contributed by atoms with Crippen molar-refractivity contribution in [2.24, 2.45) is 0 Å². The van der Waals surface area contributed by atoms with Crippen LogP contribution in [0.4, 0.5) is 5.69 Å². The number of thioether (sulfide) groups is 1. The van der Waals surface area contributed by atoms with Crippen LogP contribution in [0, 0.1) is 6.92 Å². The van der Waals surface area contributed by atoms with Gasteiger partial charge in [0.1, 0.15) is 5.75 Å². The third kappa shape index (κ3) is 5.10. The van der Waals surface area contributed by atoms with Gasteiger partial charge in [-0.3, -0.25) is 4.79 Å². The van der Waals surface area contributed by atoms with Gasteiger partial charge in [0.15, 0.2) is 0 Å². The third-order valence-corrected chi connectivity index (χ3v) is 4.72. The molecule has 0 bridgehead atoms. The van der Waals surface area contributed by atoms with Crippen molar-refractivity contribution in [3.63, 3.8) is 0 Å². The molecule has 0 aliphatic heterocycles. The van der Waals surface area contributed by atoms with Crippen LogP contribution in [0.3, 0.4) is 0 Å². The van der Waals surface area contributed by atoms with Crippen LogP contribution in [-0.4, -0.2) is 28.0 Å². The van der Waals surface area contributed by atoms with Crippen LogP contribution >= 0.6 is 11.8 Å². The minimum Gasteiger partial charge on any atom is -0.494 e. The molecule has 1 heterocycles. The second-order valence-corrected chi connectivity index (χ2v) is 7.24. The standard InChI is InChI=1S/C20H21N3O3S/c1-4-25-17-11-9-16(10-12-17)21-18(24)14(3)27-20-23-22-19(26-20)15-7-5-13(2)6-8-15/h5-12,14H,4H2,1-3H3,(H,21,24). The fourth-order valence-electron chi connectivity index (χ4n) is 2.32. The highest BCUT2D eigenvalue weighted by Crippen LogP contribution is 2.27. The number of hydrogen-bond donors (Lipinski definition) is 1. The van der Waals surface area contributed by atoms with Crippen molar-refractivity contribution >= 4 is 23.4 Å². The SMILES string of the molecule is CCOc1ccc(NC(=O)C(C)Sc2nnc(-c3ccc(C)cc3)o2)cc1. The number of hydrogen-bond acceptors (Lipinski definition) is 6. The first kappa shape index (κ1) is 19.0. The molecule has 0 fully saturated rings. The predicted octanol–water partition coefficient (Wildman–Crippen LogP) is 4.56. The Balaban J connectivity index is 1.58. The smallest absolute Gasteiger partial charge is 0.277 e. The number of carbonyl (C=O) groups is 1. The number of nitrogens with zero attached hydrogens (tertiary/aromatic N) is 2. The van der Waals surface area contributed by atoms with Gasteiger partial charge in [-0.25, -0.2) is 0 Å². The zero-order valence-corrected chi connectivity index (χ0v) is 16.2. The molecule has 0 radical (unpaired) electrons. The van der Waals surface area contributed by atoms with Gasteiger partial charge in [0.2, 0.25) is 11.8 Å². The fraction of sp³-hybridized carbons (Fsp3) is 0.250. The van der Waals surface area contributed by atoms with Gasteiger partial charge in [0.05, 0.1) is 11.9 Å². The van der Waals surface area contributed by atoms with E-state index in [-0.39, 0.29) is 11.2 Å². The van der Waals surface area contributed by atoms with E-state index in [9.17, 15) is 4.79 Å².